The normalized spacial score (nSPS) is 14.8. The van der Waals surface area contributed by atoms with E-state index in [2.05, 4.69) is 10.3 Å². The van der Waals surface area contributed by atoms with E-state index in [4.69, 9.17) is 8.83 Å². The van der Waals surface area contributed by atoms with Crippen molar-refractivity contribution in [1.82, 2.24) is 4.98 Å². The van der Waals surface area contributed by atoms with E-state index in [1.807, 2.05) is 11.0 Å². The Morgan fingerprint density at radius 3 is 2.66 bits per heavy atom. The molecule has 3 heterocycles. The zero-order valence-electron chi connectivity index (χ0n) is 17.4. The lowest BCUT2D eigenvalue weighted by molar-refractivity contribution is -0.120. The van der Waals surface area contributed by atoms with Gasteiger partial charge in [0.1, 0.15) is 6.07 Å². The van der Waals surface area contributed by atoms with Gasteiger partial charge in [-0.15, -0.1) is 0 Å². The van der Waals surface area contributed by atoms with Gasteiger partial charge in [-0.2, -0.15) is 10.2 Å². The molecule has 32 heavy (non-hydrogen) atoms. The van der Waals surface area contributed by atoms with Crippen LogP contribution in [0.5, 0.6) is 0 Å². The van der Waals surface area contributed by atoms with Crippen LogP contribution in [0.15, 0.2) is 56.4 Å². The van der Waals surface area contributed by atoms with Crippen molar-refractivity contribution in [2.45, 2.75) is 24.7 Å². The molecule has 4 rings (SSSR count). The van der Waals surface area contributed by atoms with Crippen LogP contribution in [-0.2, 0) is 14.6 Å². The van der Waals surface area contributed by atoms with Crippen LogP contribution >= 0.6 is 0 Å². The minimum absolute atomic E-state index is 0.0450. The van der Waals surface area contributed by atoms with Crippen molar-refractivity contribution < 1.29 is 22.0 Å². The summed E-state index contributed by atoms with van der Waals surface area (Å²) in [6.07, 6.45) is 2.55. The van der Waals surface area contributed by atoms with Crippen LogP contribution in [0.3, 0.4) is 0 Å². The van der Waals surface area contributed by atoms with Gasteiger partial charge in [0.15, 0.2) is 15.6 Å². The first-order valence-electron chi connectivity index (χ1n) is 10.3. The number of hydrogen-bond acceptors (Lipinski definition) is 8. The number of anilines is 2. The molecule has 0 radical (unpaired) electrons. The molecule has 2 aromatic heterocycles. The fraction of sp³-hybridized carbons (Fsp3) is 0.318. The zero-order valence-corrected chi connectivity index (χ0v) is 18.3. The monoisotopic (exact) mass is 454 g/mol. The lowest BCUT2D eigenvalue weighted by Crippen LogP contribution is -2.38. The smallest absolute Gasteiger partial charge is 0.266 e. The molecule has 1 amide bonds. The summed E-state index contributed by atoms with van der Waals surface area (Å²) in [7, 11) is -3.45. The van der Waals surface area contributed by atoms with Crippen molar-refractivity contribution in [2.24, 2.45) is 5.92 Å². The Bertz CT molecular complexity index is 1250. The SMILES string of the molecule is CCS(=O)(=O)c1ccccc1NC(=O)C1CCN(c2oc(-c3ccco3)nc2C#N)CC1. The number of nitriles is 1. The molecule has 0 atom stereocenters. The summed E-state index contributed by atoms with van der Waals surface area (Å²) in [5.41, 5.74) is 0.463. The number of oxazole rings is 1. The van der Waals surface area contributed by atoms with Crippen LogP contribution in [0.4, 0.5) is 11.6 Å². The second-order valence-electron chi connectivity index (χ2n) is 7.41. The summed E-state index contributed by atoms with van der Waals surface area (Å²) in [5, 5.41) is 12.2. The van der Waals surface area contributed by atoms with E-state index in [0.29, 0.717) is 43.3 Å². The van der Waals surface area contributed by atoms with Crippen LogP contribution < -0.4 is 10.2 Å². The predicted molar refractivity (Wildman–Crippen MR) is 117 cm³/mol. The molecule has 1 aliphatic rings. The summed E-state index contributed by atoms with van der Waals surface area (Å²) >= 11 is 0. The molecule has 1 N–H and O–H groups in total. The number of furan rings is 1. The van der Waals surface area contributed by atoms with Crippen molar-refractivity contribution in [3.63, 3.8) is 0 Å². The average Bonchev–Trinajstić information content (AvgIpc) is 3.49. The van der Waals surface area contributed by atoms with Crippen molar-refractivity contribution >= 4 is 27.3 Å². The van der Waals surface area contributed by atoms with Crippen LogP contribution in [0, 0.1) is 17.2 Å². The van der Waals surface area contributed by atoms with Gasteiger partial charge in [-0.05, 0) is 37.1 Å². The number of nitrogens with zero attached hydrogens (tertiary/aromatic N) is 3. The number of aromatic nitrogens is 1. The standard InChI is InChI=1S/C22H22N4O5S/c1-2-32(28,29)19-8-4-3-6-16(19)24-20(27)15-9-11-26(12-10-15)22-17(14-23)25-21(31-22)18-7-5-13-30-18/h3-8,13,15H,2,9-12H2,1H3,(H,24,27). The topological polar surface area (TPSA) is 129 Å². The molecule has 1 aromatic carbocycles. The van der Waals surface area contributed by atoms with Gasteiger partial charge in [0.2, 0.25) is 17.5 Å². The van der Waals surface area contributed by atoms with Crippen molar-refractivity contribution in [1.29, 1.82) is 5.26 Å². The number of sulfone groups is 1. The maximum Gasteiger partial charge on any atom is 0.266 e. The fourth-order valence-corrected chi connectivity index (χ4v) is 4.73. The lowest BCUT2D eigenvalue weighted by atomic mass is 9.96. The molecule has 9 nitrogen and oxygen atoms in total. The van der Waals surface area contributed by atoms with Crippen LogP contribution in [0.1, 0.15) is 25.5 Å². The second kappa shape index (κ2) is 8.88. The van der Waals surface area contributed by atoms with Crippen LogP contribution in [0.2, 0.25) is 0 Å². The number of nitrogens with one attached hydrogen (secondary N) is 1. The summed E-state index contributed by atoms with van der Waals surface area (Å²) in [4.78, 5) is 19.0. The van der Waals surface area contributed by atoms with Crippen LogP contribution in [0.25, 0.3) is 11.7 Å². The number of amides is 1. The summed E-state index contributed by atoms with van der Waals surface area (Å²) in [6.45, 7) is 2.56. The summed E-state index contributed by atoms with van der Waals surface area (Å²) in [5.74, 6) is 0.464. The minimum atomic E-state index is -3.45. The third-order valence-electron chi connectivity index (χ3n) is 5.46. The van der Waals surface area contributed by atoms with E-state index in [0.717, 1.165) is 0 Å². The first-order valence-corrected chi connectivity index (χ1v) is 11.9. The third kappa shape index (κ3) is 4.24. The molecule has 10 heteroatoms. The molecule has 0 aliphatic carbocycles. The van der Waals surface area contributed by atoms with Crippen molar-refractivity contribution in [3.8, 4) is 17.7 Å². The molecule has 0 spiro atoms. The first kappa shape index (κ1) is 21.6. The maximum atomic E-state index is 12.8. The fourth-order valence-electron chi connectivity index (χ4n) is 3.68. The molecule has 166 valence electrons. The Morgan fingerprint density at radius 1 is 1.25 bits per heavy atom. The van der Waals surface area contributed by atoms with Gasteiger partial charge in [-0.25, -0.2) is 8.42 Å². The van der Waals surface area contributed by atoms with Gasteiger partial charge in [0, 0.05) is 19.0 Å². The van der Waals surface area contributed by atoms with Gasteiger partial charge in [-0.3, -0.25) is 4.79 Å². The lowest BCUT2D eigenvalue weighted by Gasteiger charge is -2.31. The van der Waals surface area contributed by atoms with E-state index in [1.54, 1.807) is 37.3 Å². The highest BCUT2D eigenvalue weighted by atomic mass is 32.2. The van der Waals surface area contributed by atoms with E-state index >= 15 is 0 Å². The van der Waals surface area contributed by atoms with E-state index in [1.165, 1.54) is 12.3 Å². The molecule has 0 bridgehead atoms. The Hall–Kier alpha value is -3.58. The average molecular weight is 455 g/mol. The number of carbonyl (C=O) groups excluding carboxylic acids is 1. The molecule has 1 saturated heterocycles. The van der Waals surface area contributed by atoms with Gasteiger partial charge in [0.25, 0.3) is 5.89 Å². The van der Waals surface area contributed by atoms with Gasteiger partial charge < -0.3 is 19.1 Å². The number of carbonyl (C=O) groups is 1. The van der Waals surface area contributed by atoms with E-state index in [9.17, 15) is 18.5 Å². The summed E-state index contributed by atoms with van der Waals surface area (Å²) in [6, 6.07) is 11.9. The second-order valence-corrected chi connectivity index (χ2v) is 9.66. The Balaban J connectivity index is 1.44. The number of piperidine rings is 1. The van der Waals surface area contributed by atoms with Gasteiger partial charge in [-0.1, -0.05) is 19.1 Å². The number of rotatable bonds is 6. The van der Waals surface area contributed by atoms with Crippen LogP contribution in [-0.4, -0.2) is 38.2 Å². The predicted octanol–water partition coefficient (Wildman–Crippen LogP) is 3.45. The number of benzene rings is 1. The quantitative estimate of drug-likeness (QED) is 0.599. The zero-order chi connectivity index (χ0) is 22.7. The molecule has 1 fully saturated rings. The van der Waals surface area contributed by atoms with Crippen molar-refractivity contribution in [3.05, 3.63) is 48.4 Å². The minimum Gasteiger partial charge on any atom is -0.459 e. The highest BCUT2D eigenvalue weighted by Gasteiger charge is 2.30. The maximum absolute atomic E-state index is 12.8. The van der Waals surface area contributed by atoms with E-state index < -0.39 is 9.84 Å². The largest absolute Gasteiger partial charge is 0.459 e. The molecule has 0 saturated carbocycles. The first-order chi connectivity index (χ1) is 15.4. The molecular formula is C22H22N4O5S. The molecule has 3 aromatic rings. The van der Waals surface area contributed by atoms with E-state index in [-0.39, 0.29) is 34.1 Å². The Kier molecular flexibility index (Phi) is 6.01. The Labute approximate surface area is 185 Å². The highest BCUT2D eigenvalue weighted by molar-refractivity contribution is 7.91. The number of hydrogen-bond donors (Lipinski definition) is 1. The molecular weight excluding hydrogens is 432 g/mol. The molecule has 1 aliphatic heterocycles. The highest BCUT2D eigenvalue weighted by Crippen LogP contribution is 2.32. The van der Waals surface area contributed by atoms with Crippen molar-refractivity contribution in [2.75, 3.05) is 29.1 Å². The van der Waals surface area contributed by atoms with Gasteiger partial charge in [0.05, 0.1) is 22.6 Å². The summed E-state index contributed by atoms with van der Waals surface area (Å²) < 4.78 is 35.7. The Morgan fingerprint density at radius 2 is 2.00 bits per heavy atom. The van der Waals surface area contributed by atoms with Gasteiger partial charge >= 0.3 is 0 Å². The number of para-hydroxylation sites is 1. The molecule has 0 unspecified atom stereocenters. The third-order valence-corrected chi connectivity index (χ3v) is 7.25.